The molecule has 0 atom stereocenters. The molecule has 0 saturated heterocycles. The molecule has 0 spiro atoms. The monoisotopic (exact) mass is 362 g/mol. The number of anilines is 1. The van der Waals surface area contributed by atoms with Gasteiger partial charge in [0, 0.05) is 16.2 Å². The van der Waals surface area contributed by atoms with Crippen LogP contribution in [0.4, 0.5) is 5.69 Å². The molecule has 3 heterocycles. The third-order valence-electron chi connectivity index (χ3n) is 4.68. The summed E-state index contributed by atoms with van der Waals surface area (Å²) in [5, 5.41) is 17.9. The van der Waals surface area contributed by atoms with Gasteiger partial charge in [0.25, 0.3) is 0 Å². The highest BCUT2D eigenvalue weighted by atomic mass is 15.6. The highest BCUT2D eigenvalue weighted by Crippen LogP contribution is 2.23. The fraction of sp³-hybridized carbons (Fsp3) is 0. The molecule has 0 aliphatic carbocycles. The van der Waals surface area contributed by atoms with Crippen LogP contribution in [0.1, 0.15) is 5.56 Å². The zero-order valence-corrected chi connectivity index (χ0v) is 14.8. The van der Waals surface area contributed by atoms with E-state index in [-0.39, 0.29) is 0 Å². The molecule has 0 bridgehead atoms. The van der Waals surface area contributed by atoms with E-state index >= 15 is 0 Å². The van der Waals surface area contributed by atoms with Gasteiger partial charge in [-0.3, -0.25) is 5.43 Å². The number of pyridine rings is 2. The van der Waals surface area contributed by atoms with E-state index in [0.717, 1.165) is 38.1 Å². The summed E-state index contributed by atoms with van der Waals surface area (Å²) in [7, 11) is 0. The normalized spacial score (nSPS) is 13.1. The van der Waals surface area contributed by atoms with Crippen molar-refractivity contribution in [1.82, 2.24) is 15.5 Å². The van der Waals surface area contributed by atoms with Gasteiger partial charge in [-0.2, -0.15) is 10.4 Å². The quantitative estimate of drug-likeness (QED) is 0.543. The number of nitriles is 1. The molecular formula is C22H14N6. The van der Waals surface area contributed by atoms with E-state index in [2.05, 4.69) is 39.8 Å². The van der Waals surface area contributed by atoms with Crippen LogP contribution >= 0.6 is 0 Å². The molecule has 0 fully saturated rings. The highest BCUT2D eigenvalue weighted by molar-refractivity contribution is 5.79. The summed E-state index contributed by atoms with van der Waals surface area (Å²) < 4.78 is 0. The van der Waals surface area contributed by atoms with Crippen LogP contribution in [0.25, 0.3) is 28.9 Å². The average Bonchev–Trinajstić information content (AvgIpc) is 3.20. The zero-order valence-electron chi connectivity index (χ0n) is 14.8. The number of hydrazine groups is 1. The van der Waals surface area contributed by atoms with Crippen LogP contribution in [-0.2, 0) is 0 Å². The largest absolute Gasteiger partial charge is 0.283 e. The molecule has 0 radical (unpaired) electrons. The first-order chi connectivity index (χ1) is 13.7. The van der Waals surface area contributed by atoms with E-state index in [0.29, 0.717) is 16.6 Å². The Balaban J connectivity index is 1.94. The second-order valence-corrected chi connectivity index (χ2v) is 6.51. The Morgan fingerprint density at radius 3 is 2.79 bits per heavy atom. The Bertz CT molecular complexity index is 1500. The van der Waals surface area contributed by atoms with Crippen LogP contribution in [0.5, 0.6) is 0 Å². The van der Waals surface area contributed by atoms with E-state index in [4.69, 9.17) is 4.98 Å². The highest BCUT2D eigenvalue weighted by Gasteiger charge is 2.09. The van der Waals surface area contributed by atoms with Crippen molar-refractivity contribution in [3.63, 3.8) is 0 Å². The van der Waals surface area contributed by atoms with E-state index < -0.39 is 0 Å². The summed E-state index contributed by atoms with van der Waals surface area (Å²) >= 11 is 0. The number of benzene rings is 2. The molecule has 1 aliphatic heterocycles. The standard InChI is InChI=1S/C22H14N6/c1-13-5-6-17-10-18(15-7-8-19-20(11-15)27-28-26-19)21(25-22(17)24-13)16-4-2-3-14(9-16)12-23/h2-11,27-28H,1H2. The van der Waals surface area contributed by atoms with Crippen LogP contribution < -0.4 is 21.7 Å². The second kappa shape index (κ2) is 6.18. The average molecular weight is 362 g/mol. The molecular weight excluding hydrogens is 348 g/mol. The Morgan fingerprint density at radius 1 is 0.964 bits per heavy atom. The minimum absolute atomic E-state index is 0.586. The van der Waals surface area contributed by atoms with Crippen molar-refractivity contribution >= 4 is 23.3 Å². The van der Waals surface area contributed by atoms with E-state index in [9.17, 15) is 5.26 Å². The van der Waals surface area contributed by atoms with Gasteiger partial charge >= 0.3 is 0 Å². The molecule has 2 aromatic carbocycles. The zero-order chi connectivity index (χ0) is 19.1. The van der Waals surface area contributed by atoms with Crippen LogP contribution in [0, 0.1) is 21.8 Å². The second-order valence-electron chi connectivity index (χ2n) is 6.51. The summed E-state index contributed by atoms with van der Waals surface area (Å²) in [6.07, 6.45) is 0. The lowest BCUT2D eigenvalue weighted by molar-refractivity contribution is 0.890. The van der Waals surface area contributed by atoms with Gasteiger partial charge in [-0.25, -0.2) is 15.5 Å². The maximum atomic E-state index is 9.29. The van der Waals surface area contributed by atoms with Gasteiger partial charge in [0.15, 0.2) is 5.65 Å². The lowest BCUT2D eigenvalue weighted by Gasteiger charge is -2.06. The molecule has 28 heavy (non-hydrogen) atoms. The van der Waals surface area contributed by atoms with Gasteiger partial charge in [0.2, 0.25) is 0 Å². The van der Waals surface area contributed by atoms with Crippen molar-refractivity contribution in [3.8, 4) is 17.3 Å². The lowest BCUT2D eigenvalue weighted by Crippen LogP contribution is -2.08. The Kier molecular flexibility index (Phi) is 3.53. The molecule has 6 heteroatoms. The first-order valence-corrected chi connectivity index (χ1v) is 8.72. The topological polar surface area (TPSA) is 86.0 Å². The van der Waals surface area contributed by atoms with Crippen molar-refractivity contribution in [3.05, 3.63) is 87.4 Å². The van der Waals surface area contributed by atoms with Gasteiger partial charge in [-0.15, -0.1) is 0 Å². The molecule has 5 rings (SSSR count). The Hall–Kier alpha value is -4.24. The Labute approximate surface area is 159 Å². The number of rotatable bonds is 1. The summed E-state index contributed by atoms with van der Waals surface area (Å²) in [5.74, 6) is 0. The molecule has 2 aromatic heterocycles. The van der Waals surface area contributed by atoms with Gasteiger partial charge in [-0.05, 0) is 47.7 Å². The molecule has 4 aromatic rings. The predicted octanol–water partition coefficient (Wildman–Crippen LogP) is 2.33. The minimum Gasteiger partial charge on any atom is -0.283 e. The Morgan fingerprint density at radius 2 is 1.89 bits per heavy atom. The smallest absolute Gasteiger partial charge is 0.160 e. The number of aromatic nitrogens is 2. The summed E-state index contributed by atoms with van der Waals surface area (Å²) in [6, 6.07) is 21.5. The number of nitrogens with zero attached hydrogens (tertiary/aromatic N) is 4. The molecule has 2 N–H and O–H groups in total. The molecule has 0 amide bonds. The van der Waals surface area contributed by atoms with Crippen molar-refractivity contribution in [2.24, 2.45) is 5.10 Å². The predicted molar refractivity (Wildman–Crippen MR) is 107 cm³/mol. The van der Waals surface area contributed by atoms with E-state index in [1.54, 1.807) is 6.07 Å². The molecule has 6 nitrogen and oxygen atoms in total. The van der Waals surface area contributed by atoms with Crippen LogP contribution in [-0.4, -0.2) is 9.97 Å². The van der Waals surface area contributed by atoms with Crippen LogP contribution in [0.15, 0.2) is 65.8 Å². The number of hydrogen-bond donors (Lipinski definition) is 2. The van der Waals surface area contributed by atoms with Crippen LogP contribution in [0.3, 0.4) is 0 Å². The first-order valence-electron chi connectivity index (χ1n) is 8.72. The third-order valence-corrected chi connectivity index (χ3v) is 4.68. The summed E-state index contributed by atoms with van der Waals surface area (Å²) in [4.78, 5) is 9.30. The van der Waals surface area contributed by atoms with Gasteiger partial charge in [0.05, 0.1) is 28.4 Å². The molecule has 132 valence electrons. The molecule has 0 unspecified atom stereocenters. The van der Waals surface area contributed by atoms with Crippen molar-refractivity contribution < 1.29 is 0 Å². The number of hydrogen-bond acceptors (Lipinski definition) is 6. The number of fused-ring (bicyclic) bond motifs is 2. The van der Waals surface area contributed by atoms with Gasteiger partial charge in [-0.1, -0.05) is 24.8 Å². The van der Waals surface area contributed by atoms with Crippen LogP contribution in [0.2, 0.25) is 0 Å². The first kappa shape index (κ1) is 16.0. The van der Waals surface area contributed by atoms with Crippen molar-refractivity contribution in [2.45, 2.75) is 0 Å². The van der Waals surface area contributed by atoms with Gasteiger partial charge in [0.1, 0.15) is 5.36 Å². The summed E-state index contributed by atoms with van der Waals surface area (Å²) in [6.45, 7) is 3.90. The number of nitrogens with one attached hydrogen (secondary N) is 2. The fourth-order valence-corrected chi connectivity index (χ4v) is 3.32. The molecule has 1 aliphatic rings. The van der Waals surface area contributed by atoms with E-state index in [1.165, 1.54) is 0 Å². The minimum atomic E-state index is 0.586. The van der Waals surface area contributed by atoms with E-state index in [1.807, 2.05) is 48.5 Å². The van der Waals surface area contributed by atoms with Crippen molar-refractivity contribution in [2.75, 3.05) is 5.43 Å². The third kappa shape index (κ3) is 2.63. The maximum absolute atomic E-state index is 9.29. The fourth-order valence-electron chi connectivity index (χ4n) is 3.32. The van der Waals surface area contributed by atoms with Crippen molar-refractivity contribution in [1.29, 1.82) is 5.26 Å². The SMILES string of the molecule is C=c1ccc2cc(=c3ccc4c(c3)NNN=4)c(-c3cccc(C#N)c3)nc2n1. The lowest BCUT2D eigenvalue weighted by atomic mass is 10.0. The van der Waals surface area contributed by atoms with Gasteiger partial charge < -0.3 is 0 Å². The maximum Gasteiger partial charge on any atom is 0.160 e. The molecule has 0 saturated carbocycles. The summed E-state index contributed by atoms with van der Waals surface area (Å²) in [5.41, 5.74) is 9.55.